The molecule has 0 saturated carbocycles. The molecule has 158 valence electrons. The van der Waals surface area contributed by atoms with Crippen molar-refractivity contribution >= 4 is 11.9 Å². The van der Waals surface area contributed by atoms with Crippen LogP contribution >= 0.6 is 0 Å². The number of carbonyl (C=O) groups is 2. The molecule has 0 radical (unpaired) electrons. The van der Waals surface area contributed by atoms with E-state index in [1.54, 1.807) is 0 Å². The third kappa shape index (κ3) is 10.1. The Morgan fingerprint density at radius 1 is 1.11 bits per heavy atom. The molecule has 4 atom stereocenters. The molecule has 27 heavy (non-hydrogen) atoms. The number of hydrogen-bond acceptors (Lipinski definition) is 6. The topological polar surface area (TPSA) is 82.1 Å². The van der Waals surface area contributed by atoms with Gasteiger partial charge in [0, 0.05) is 19.8 Å². The van der Waals surface area contributed by atoms with Gasteiger partial charge in [-0.25, -0.2) is 0 Å². The maximum atomic E-state index is 11.4. The number of methoxy groups -OCH3 is 1. The van der Waals surface area contributed by atoms with E-state index in [-0.39, 0.29) is 30.3 Å². The van der Waals surface area contributed by atoms with Gasteiger partial charge in [0.1, 0.15) is 6.10 Å². The third-order valence-electron chi connectivity index (χ3n) is 5.18. The summed E-state index contributed by atoms with van der Waals surface area (Å²) in [7, 11) is 1.41. The number of unbranched alkanes of at least 4 members (excludes halogenated alkanes) is 6. The minimum atomic E-state index is -0.488. The van der Waals surface area contributed by atoms with Gasteiger partial charge in [-0.05, 0) is 19.3 Å². The Bertz CT molecular complexity index is 425. The van der Waals surface area contributed by atoms with Crippen molar-refractivity contribution in [2.24, 2.45) is 0 Å². The lowest BCUT2D eigenvalue weighted by Crippen LogP contribution is -2.26. The van der Waals surface area contributed by atoms with Gasteiger partial charge < -0.3 is 19.3 Å². The molecule has 0 aromatic carbocycles. The van der Waals surface area contributed by atoms with Crippen molar-refractivity contribution in [1.82, 2.24) is 0 Å². The van der Waals surface area contributed by atoms with Crippen molar-refractivity contribution in [3.05, 3.63) is 0 Å². The van der Waals surface area contributed by atoms with E-state index in [4.69, 9.17) is 9.47 Å². The highest BCUT2D eigenvalue weighted by atomic mass is 16.6. The monoisotopic (exact) mass is 386 g/mol. The predicted octanol–water partition coefficient (Wildman–Crippen LogP) is 3.92. The molecule has 1 saturated heterocycles. The lowest BCUT2D eigenvalue weighted by molar-refractivity contribution is -0.149. The van der Waals surface area contributed by atoms with Crippen LogP contribution in [0.25, 0.3) is 0 Å². The van der Waals surface area contributed by atoms with E-state index in [0.29, 0.717) is 12.8 Å². The molecule has 6 heteroatoms. The van der Waals surface area contributed by atoms with Gasteiger partial charge in [0.25, 0.3) is 0 Å². The van der Waals surface area contributed by atoms with Gasteiger partial charge in [0.15, 0.2) is 0 Å². The van der Waals surface area contributed by atoms with E-state index >= 15 is 0 Å². The lowest BCUT2D eigenvalue weighted by atomic mass is 10.0. The Kier molecular flexibility index (Phi) is 12.3. The van der Waals surface area contributed by atoms with Crippen LogP contribution in [0, 0.1) is 0 Å². The molecular formula is C21H38O6. The zero-order valence-corrected chi connectivity index (χ0v) is 17.3. The van der Waals surface area contributed by atoms with Crippen LogP contribution in [0.1, 0.15) is 90.9 Å². The first kappa shape index (κ1) is 23.9. The average Bonchev–Trinajstić information content (AvgIpc) is 3.02. The van der Waals surface area contributed by atoms with E-state index in [1.807, 2.05) is 0 Å². The lowest BCUT2D eigenvalue weighted by Gasteiger charge is -2.19. The molecule has 1 aliphatic rings. The molecule has 0 spiro atoms. The second-order valence-electron chi connectivity index (χ2n) is 7.54. The summed E-state index contributed by atoms with van der Waals surface area (Å²) < 4.78 is 16.1. The molecule has 1 N–H and O–H groups in total. The molecule has 1 aliphatic heterocycles. The molecule has 1 heterocycles. The molecule has 0 bridgehead atoms. The summed E-state index contributed by atoms with van der Waals surface area (Å²) in [5.74, 6) is -0.445. The summed E-state index contributed by atoms with van der Waals surface area (Å²) in [6.07, 6.45) is 9.69. The van der Waals surface area contributed by atoms with Gasteiger partial charge in [-0.15, -0.1) is 0 Å². The summed E-state index contributed by atoms with van der Waals surface area (Å²) in [6.45, 7) is 3.56. The zero-order valence-electron chi connectivity index (χ0n) is 17.3. The van der Waals surface area contributed by atoms with Crippen molar-refractivity contribution in [2.75, 3.05) is 7.11 Å². The first-order chi connectivity index (χ1) is 13.0. The smallest absolute Gasteiger partial charge is 0.305 e. The van der Waals surface area contributed by atoms with Gasteiger partial charge in [-0.3, -0.25) is 9.59 Å². The largest absolute Gasteiger partial charge is 0.469 e. The van der Waals surface area contributed by atoms with Gasteiger partial charge in [0.05, 0.1) is 25.4 Å². The van der Waals surface area contributed by atoms with Crippen LogP contribution in [0.5, 0.6) is 0 Å². The summed E-state index contributed by atoms with van der Waals surface area (Å²) in [6, 6.07) is 0. The quantitative estimate of drug-likeness (QED) is 0.360. The number of aliphatic hydroxyl groups is 1. The fraction of sp³-hybridized carbons (Fsp3) is 0.905. The van der Waals surface area contributed by atoms with Crippen LogP contribution in [-0.4, -0.2) is 48.6 Å². The van der Waals surface area contributed by atoms with Gasteiger partial charge in [-0.1, -0.05) is 51.9 Å². The van der Waals surface area contributed by atoms with Crippen LogP contribution < -0.4 is 0 Å². The van der Waals surface area contributed by atoms with Crippen LogP contribution in [0.3, 0.4) is 0 Å². The number of carbonyl (C=O) groups excluding carboxylic acids is 2. The van der Waals surface area contributed by atoms with E-state index in [0.717, 1.165) is 64.2 Å². The van der Waals surface area contributed by atoms with E-state index in [2.05, 4.69) is 11.7 Å². The van der Waals surface area contributed by atoms with Gasteiger partial charge >= 0.3 is 11.9 Å². The average molecular weight is 387 g/mol. The molecule has 0 unspecified atom stereocenters. The maximum absolute atomic E-state index is 11.4. The van der Waals surface area contributed by atoms with E-state index in [9.17, 15) is 14.7 Å². The molecule has 0 amide bonds. The van der Waals surface area contributed by atoms with Gasteiger partial charge in [0.2, 0.25) is 0 Å². The van der Waals surface area contributed by atoms with Crippen molar-refractivity contribution < 1.29 is 28.9 Å². The Morgan fingerprint density at radius 3 is 2.48 bits per heavy atom. The predicted molar refractivity (Wildman–Crippen MR) is 103 cm³/mol. The van der Waals surface area contributed by atoms with E-state index < -0.39 is 6.10 Å². The fourth-order valence-corrected chi connectivity index (χ4v) is 3.62. The summed E-state index contributed by atoms with van der Waals surface area (Å²) in [5.41, 5.74) is 0. The highest BCUT2D eigenvalue weighted by Crippen LogP contribution is 2.30. The minimum Gasteiger partial charge on any atom is -0.469 e. The highest BCUT2D eigenvalue weighted by molar-refractivity contribution is 5.69. The number of hydrogen-bond donors (Lipinski definition) is 1. The molecule has 0 aromatic rings. The molecule has 0 aromatic heterocycles. The summed E-state index contributed by atoms with van der Waals surface area (Å²) >= 11 is 0. The van der Waals surface area contributed by atoms with Crippen molar-refractivity contribution in [1.29, 1.82) is 0 Å². The second kappa shape index (κ2) is 13.9. The summed E-state index contributed by atoms with van der Waals surface area (Å²) in [5, 5.41) is 10.4. The number of ether oxygens (including phenoxy) is 3. The van der Waals surface area contributed by atoms with Crippen molar-refractivity contribution in [3.63, 3.8) is 0 Å². The Morgan fingerprint density at radius 2 is 1.81 bits per heavy atom. The first-order valence-electron chi connectivity index (χ1n) is 10.6. The van der Waals surface area contributed by atoms with Crippen molar-refractivity contribution in [3.8, 4) is 0 Å². The minimum absolute atomic E-state index is 0.130. The van der Waals surface area contributed by atoms with Crippen molar-refractivity contribution in [2.45, 2.75) is 115 Å². The standard InChI is InChI=1S/C21H38O6/c1-4-5-9-12-17(23)19-15-20(26-16(2)22)18(27-19)13-10-7-6-8-11-14-21(24)25-3/h17-20,23H,4-15H2,1-3H3/t17-,18+,19-,20+/m0/s1. The molecule has 1 rings (SSSR count). The number of esters is 2. The van der Waals surface area contributed by atoms with Gasteiger partial charge in [-0.2, -0.15) is 0 Å². The normalized spacial score (nSPS) is 23.2. The van der Waals surface area contributed by atoms with Crippen LogP contribution in [0.15, 0.2) is 0 Å². The van der Waals surface area contributed by atoms with Crippen LogP contribution in [-0.2, 0) is 23.8 Å². The first-order valence-corrected chi connectivity index (χ1v) is 10.6. The third-order valence-corrected chi connectivity index (χ3v) is 5.18. The Balaban J connectivity index is 2.30. The summed E-state index contributed by atoms with van der Waals surface area (Å²) in [4.78, 5) is 22.4. The molecule has 0 aliphatic carbocycles. The number of rotatable bonds is 14. The zero-order chi connectivity index (χ0) is 20.1. The number of aliphatic hydroxyl groups excluding tert-OH is 1. The maximum Gasteiger partial charge on any atom is 0.305 e. The SMILES string of the molecule is CCCCC[C@H](O)[C@@H]1C[C@@H](OC(C)=O)[C@@H](CCCCCCCC(=O)OC)O1. The highest BCUT2D eigenvalue weighted by Gasteiger charge is 2.39. The molecule has 6 nitrogen and oxygen atoms in total. The second-order valence-corrected chi connectivity index (χ2v) is 7.54. The van der Waals surface area contributed by atoms with Crippen LogP contribution in [0.2, 0.25) is 0 Å². The molecular weight excluding hydrogens is 348 g/mol. The Hall–Kier alpha value is -1.14. The van der Waals surface area contributed by atoms with E-state index in [1.165, 1.54) is 14.0 Å². The van der Waals surface area contributed by atoms with Crippen LogP contribution in [0.4, 0.5) is 0 Å². The molecule has 1 fully saturated rings. The fourth-order valence-electron chi connectivity index (χ4n) is 3.62. The Labute approximate surface area is 163 Å².